The standard InChI is InChI=1S/C16H12N4O4S/c1-9(21)17-10-6-7-12-14(8-10)25-16(18-12)19-15(22)11-4-2-3-5-13(11)20(23)24/h2-8H,1H3,(H,17,21)(H,18,19,22). The molecule has 25 heavy (non-hydrogen) atoms. The molecular formula is C16H12N4O4S. The number of fused-ring (bicyclic) bond motifs is 1. The van der Waals surface area contributed by atoms with E-state index in [0.29, 0.717) is 16.3 Å². The first-order chi connectivity index (χ1) is 11.9. The summed E-state index contributed by atoms with van der Waals surface area (Å²) in [6.07, 6.45) is 0. The number of rotatable bonds is 4. The molecule has 2 N–H and O–H groups in total. The maximum Gasteiger partial charge on any atom is 0.282 e. The van der Waals surface area contributed by atoms with E-state index >= 15 is 0 Å². The number of aromatic nitrogens is 1. The molecule has 0 atom stereocenters. The summed E-state index contributed by atoms with van der Waals surface area (Å²) in [6.45, 7) is 1.41. The highest BCUT2D eigenvalue weighted by atomic mass is 32.1. The molecule has 126 valence electrons. The Morgan fingerprint density at radius 3 is 2.64 bits per heavy atom. The van der Waals surface area contributed by atoms with Crippen molar-refractivity contribution in [3.05, 3.63) is 58.1 Å². The molecule has 0 radical (unpaired) electrons. The van der Waals surface area contributed by atoms with Crippen molar-refractivity contribution in [2.75, 3.05) is 10.6 Å². The zero-order valence-corrected chi connectivity index (χ0v) is 13.8. The zero-order chi connectivity index (χ0) is 18.0. The van der Waals surface area contributed by atoms with E-state index in [0.717, 1.165) is 4.70 Å². The predicted molar refractivity (Wildman–Crippen MR) is 95.0 cm³/mol. The van der Waals surface area contributed by atoms with Gasteiger partial charge in [-0.1, -0.05) is 23.5 Å². The Morgan fingerprint density at radius 1 is 1.16 bits per heavy atom. The summed E-state index contributed by atoms with van der Waals surface area (Å²) in [6, 6.07) is 10.9. The third-order valence-electron chi connectivity index (χ3n) is 3.27. The molecule has 2 aromatic carbocycles. The Balaban J connectivity index is 1.87. The molecule has 8 nitrogen and oxygen atoms in total. The molecule has 0 aliphatic heterocycles. The summed E-state index contributed by atoms with van der Waals surface area (Å²) < 4.78 is 0.768. The first kappa shape index (κ1) is 16.5. The average molecular weight is 356 g/mol. The summed E-state index contributed by atoms with van der Waals surface area (Å²) in [7, 11) is 0. The highest BCUT2D eigenvalue weighted by Gasteiger charge is 2.20. The number of hydrogen-bond donors (Lipinski definition) is 2. The molecule has 0 saturated heterocycles. The molecule has 0 aliphatic carbocycles. The van der Waals surface area contributed by atoms with Crippen LogP contribution in [0, 0.1) is 10.1 Å². The fourth-order valence-electron chi connectivity index (χ4n) is 2.25. The topological polar surface area (TPSA) is 114 Å². The number of carbonyl (C=O) groups excluding carboxylic acids is 2. The van der Waals surface area contributed by atoms with Gasteiger partial charge in [0.15, 0.2) is 5.13 Å². The molecule has 9 heteroatoms. The number of hydrogen-bond acceptors (Lipinski definition) is 6. The van der Waals surface area contributed by atoms with Gasteiger partial charge in [-0.3, -0.25) is 25.0 Å². The van der Waals surface area contributed by atoms with Crippen molar-refractivity contribution >= 4 is 49.9 Å². The maximum atomic E-state index is 12.3. The van der Waals surface area contributed by atoms with Gasteiger partial charge in [-0.05, 0) is 24.3 Å². The average Bonchev–Trinajstić information content (AvgIpc) is 2.95. The van der Waals surface area contributed by atoms with Gasteiger partial charge in [0.05, 0.1) is 15.1 Å². The molecule has 1 aromatic heterocycles. The number of nitro benzene ring substituents is 1. The summed E-state index contributed by atoms with van der Waals surface area (Å²) in [5.41, 5.74) is 0.969. The van der Waals surface area contributed by atoms with Crippen LogP contribution in [0.1, 0.15) is 17.3 Å². The second kappa shape index (κ2) is 6.65. The zero-order valence-electron chi connectivity index (χ0n) is 13.0. The van der Waals surface area contributed by atoms with E-state index in [-0.39, 0.29) is 17.2 Å². The van der Waals surface area contributed by atoms with Crippen LogP contribution < -0.4 is 10.6 Å². The van der Waals surface area contributed by atoms with Crippen LogP contribution >= 0.6 is 11.3 Å². The summed E-state index contributed by atoms with van der Waals surface area (Å²) in [4.78, 5) is 38.1. The number of carbonyl (C=O) groups is 2. The summed E-state index contributed by atoms with van der Waals surface area (Å²) in [5, 5.41) is 16.6. The second-order valence-electron chi connectivity index (χ2n) is 5.11. The second-order valence-corrected chi connectivity index (χ2v) is 6.14. The fourth-order valence-corrected chi connectivity index (χ4v) is 3.15. The minimum atomic E-state index is -0.604. The van der Waals surface area contributed by atoms with Gasteiger partial charge in [-0.15, -0.1) is 0 Å². The number of thiazole rings is 1. The Labute approximate surface area is 145 Å². The number of para-hydroxylation sites is 1. The molecule has 2 amide bonds. The normalized spacial score (nSPS) is 10.4. The van der Waals surface area contributed by atoms with E-state index in [1.807, 2.05) is 0 Å². The van der Waals surface area contributed by atoms with Crippen molar-refractivity contribution in [3.8, 4) is 0 Å². The summed E-state index contributed by atoms with van der Waals surface area (Å²) in [5.74, 6) is -0.790. The van der Waals surface area contributed by atoms with Gasteiger partial charge < -0.3 is 5.32 Å². The Bertz CT molecular complexity index is 999. The van der Waals surface area contributed by atoms with Crippen molar-refractivity contribution in [2.45, 2.75) is 6.92 Å². The van der Waals surface area contributed by atoms with Crippen molar-refractivity contribution in [2.24, 2.45) is 0 Å². The fraction of sp³-hybridized carbons (Fsp3) is 0.0625. The van der Waals surface area contributed by atoms with Gasteiger partial charge in [0.25, 0.3) is 11.6 Å². The number of amides is 2. The van der Waals surface area contributed by atoms with Crippen LogP contribution in [0.15, 0.2) is 42.5 Å². The smallest absolute Gasteiger partial charge is 0.282 e. The lowest BCUT2D eigenvalue weighted by molar-refractivity contribution is -0.385. The Kier molecular flexibility index (Phi) is 4.40. The van der Waals surface area contributed by atoms with Crippen molar-refractivity contribution in [3.63, 3.8) is 0 Å². The number of nitrogens with zero attached hydrogens (tertiary/aromatic N) is 2. The van der Waals surface area contributed by atoms with Crippen LogP contribution in [0.25, 0.3) is 10.2 Å². The predicted octanol–water partition coefficient (Wildman–Crippen LogP) is 3.42. The first-order valence-corrected chi connectivity index (χ1v) is 7.98. The number of anilines is 2. The van der Waals surface area contributed by atoms with E-state index in [4.69, 9.17) is 0 Å². The van der Waals surface area contributed by atoms with Crippen LogP contribution in [0.2, 0.25) is 0 Å². The van der Waals surface area contributed by atoms with E-state index in [1.54, 1.807) is 24.3 Å². The van der Waals surface area contributed by atoms with Gasteiger partial charge in [-0.2, -0.15) is 0 Å². The largest absolute Gasteiger partial charge is 0.326 e. The van der Waals surface area contributed by atoms with Gasteiger partial charge in [0.1, 0.15) is 5.56 Å². The molecule has 0 aliphatic rings. The molecule has 0 saturated carbocycles. The van der Waals surface area contributed by atoms with E-state index in [9.17, 15) is 19.7 Å². The lowest BCUT2D eigenvalue weighted by Crippen LogP contribution is -2.13. The lowest BCUT2D eigenvalue weighted by Gasteiger charge is -2.02. The van der Waals surface area contributed by atoms with Crippen LogP contribution in [-0.2, 0) is 4.79 Å². The number of benzene rings is 2. The summed E-state index contributed by atoms with van der Waals surface area (Å²) >= 11 is 1.21. The number of nitro groups is 1. The maximum absolute atomic E-state index is 12.3. The minimum Gasteiger partial charge on any atom is -0.326 e. The van der Waals surface area contributed by atoms with Gasteiger partial charge in [-0.25, -0.2) is 4.98 Å². The third kappa shape index (κ3) is 3.61. The SMILES string of the molecule is CC(=O)Nc1ccc2nc(NC(=O)c3ccccc3[N+](=O)[O-])sc2c1. The quantitative estimate of drug-likeness (QED) is 0.549. The van der Waals surface area contributed by atoms with Crippen molar-refractivity contribution < 1.29 is 14.5 Å². The van der Waals surface area contributed by atoms with E-state index < -0.39 is 10.8 Å². The van der Waals surface area contributed by atoms with Gasteiger partial charge >= 0.3 is 0 Å². The van der Waals surface area contributed by atoms with E-state index in [2.05, 4.69) is 15.6 Å². The van der Waals surface area contributed by atoms with E-state index in [1.165, 1.54) is 36.5 Å². The van der Waals surface area contributed by atoms with Gasteiger partial charge in [0.2, 0.25) is 5.91 Å². The van der Waals surface area contributed by atoms with Gasteiger partial charge in [0, 0.05) is 18.7 Å². The van der Waals surface area contributed by atoms with Crippen molar-refractivity contribution in [1.29, 1.82) is 0 Å². The lowest BCUT2D eigenvalue weighted by atomic mass is 10.1. The minimum absolute atomic E-state index is 0.0364. The first-order valence-electron chi connectivity index (χ1n) is 7.17. The van der Waals surface area contributed by atoms with Crippen LogP contribution in [0.5, 0.6) is 0 Å². The molecule has 1 heterocycles. The van der Waals surface area contributed by atoms with Crippen LogP contribution in [0.3, 0.4) is 0 Å². The third-order valence-corrected chi connectivity index (χ3v) is 4.21. The highest BCUT2D eigenvalue weighted by Crippen LogP contribution is 2.29. The highest BCUT2D eigenvalue weighted by molar-refractivity contribution is 7.22. The Morgan fingerprint density at radius 2 is 1.92 bits per heavy atom. The monoisotopic (exact) mass is 356 g/mol. The number of nitrogens with one attached hydrogen (secondary N) is 2. The molecule has 3 rings (SSSR count). The Hall–Kier alpha value is -3.33. The van der Waals surface area contributed by atoms with Crippen LogP contribution in [0.4, 0.5) is 16.5 Å². The molecule has 0 fully saturated rings. The molecule has 0 bridgehead atoms. The molecule has 3 aromatic rings. The van der Waals surface area contributed by atoms with Crippen LogP contribution in [-0.4, -0.2) is 21.7 Å². The molecular weight excluding hydrogens is 344 g/mol. The van der Waals surface area contributed by atoms with Crippen molar-refractivity contribution in [1.82, 2.24) is 4.98 Å². The molecule has 0 unspecified atom stereocenters. The molecule has 0 spiro atoms.